The summed E-state index contributed by atoms with van der Waals surface area (Å²) in [4.78, 5) is 12.1. The van der Waals surface area contributed by atoms with Crippen molar-refractivity contribution in [3.05, 3.63) is 40.2 Å². The van der Waals surface area contributed by atoms with Crippen molar-refractivity contribution in [2.75, 3.05) is 5.32 Å². The van der Waals surface area contributed by atoms with Crippen LogP contribution in [0, 0.1) is 0 Å². The van der Waals surface area contributed by atoms with E-state index in [0.29, 0.717) is 11.2 Å². The first-order valence-corrected chi connectivity index (χ1v) is 9.43. The molecule has 3 heterocycles. The molecule has 0 atom stereocenters. The Morgan fingerprint density at radius 2 is 2.00 bits per heavy atom. The lowest BCUT2D eigenvalue weighted by atomic mass is 9.95. The van der Waals surface area contributed by atoms with E-state index < -0.39 is 0 Å². The molecule has 0 aliphatic heterocycles. The average Bonchev–Trinajstić information content (AvgIpc) is 2.98. The van der Waals surface area contributed by atoms with Crippen molar-refractivity contribution in [1.82, 2.24) is 15.0 Å². The number of pyridine rings is 2. The van der Waals surface area contributed by atoms with Crippen molar-refractivity contribution in [3.63, 3.8) is 0 Å². The average molecular weight is 406 g/mol. The number of aromatic nitrogens is 3. The fourth-order valence-corrected chi connectivity index (χ4v) is 3.94. The summed E-state index contributed by atoms with van der Waals surface area (Å²) in [5.74, 6) is 0.849. The molecule has 0 unspecified atom stereocenters. The van der Waals surface area contributed by atoms with Crippen LogP contribution in [0.2, 0.25) is 5.15 Å². The zero-order chi connectivity index (χ0) is 16.5. The largest absolute Gasteiger partial charge is 0.367 e. The molecule has 0 amide bonds. The lowest BCUT2D eigenvalue weighted by Gasteiger charge is -2.23. The number of aromatic amines is 1. The Hall–Kier alpha value is -1.59. The minimum absolute atomic E-state index is 0.497. The van der Waals surface area contributed by atoms with Crippen LogP contribution in [0.5, 0.6) is 0 Å². The third kappa shape index (κ3) is 3.28. The standard InChI is InChI=1S/C18H18BrClN4/c19-12-8-14-15(10-22-18(14)21-9-12)11-6-16(20)24-17(7-11)23-13-4-2-1-3-5-13/h6-10,13H,1-5H2,(H,21,22)(H,23,24). The van der Waals surface area contributed by atoms with Gasteiger partial charge in [-0.2, -0.15) is 0 Å². The number of anilines is 1. The number of halogens is 2. The first-order valence-electron chi connectivity index (χ1n) is 8.26. The van der Waals surface area contributed by atoms with Crippen molar-refractivity contribution in [1.29, 1.82) is 0 Å². The molecule has 0 bridgehead atoms. The number of hydrogen-bond donors (Lipinski definition) is 2. The maximum Gasteiger partial charge on any atom is 0.137 e. The Labute approximate surface area is 154 Å². The van der Waals surface area contributed by atoms with Crippen LogP contribution in [0.25, 0.3) is 22.2 Å². The molecule has 6 heteroatoms. The Morgan fingerprint density at radius 3 is 2.83 bits per heavy atom. The predicted octanol–water partition coefficient (Wildman–Crippen LogP) is 5.79. The molecular weight excluding hydrogens is 388 g/mol. The number of H-pyrrole nitrogens is 1. The van der Waals surface area contributed by atoms with Crippen LogP contribution in [0.1, 0.15) is 32.1 Å². The van der Waals surface area contributed by atoms with E-state index in [0.717, 1.165) is 32.5 Å². The summed E-state index contributed by atoms with van der Waals surface area (Å²) in [5.41, 5.74) is 2.98. The summed E-state index contributed by atoms with van der Waals surface area (Å²) >= 11 is 9.77. The van der Waals surface area contributed by atoms with Crippen molar-refractivity contribution in [2.24, 2.45) is 0 Å². The molecule has 0 saturated heterocycles. The second-order valence-electron chi connectivity index (χ2n) is 6.30. The minimum atomic E-state index is 0.497. The summed E-state index contributed by atoms with van der Waals surface area (Å²) in [6, 6.07) is 6.54. The summed E-state index contributed by atoms with van der Waals surface area (Å²) in [6.45, 7) is 0. The molecule has 0 aromatic carbocycles. The van der Waals surface area contributed by atoms with Crippen LogP contribution < -0.4 is 5.32 Å². The van der Waals surface area contributed by atoms with E-state index in [9.17, 15) is 0 Å². The summed E-state index contributed by atoms with van der Waals surface area (Å²) < 4.78 is 0.955. The number of nitrogens with zero attached hydrogens (tertiary/aromatic N) is 2. The van der Waals surface area contributed by atoms with E-state index in [1.54, 1.807) is 6.20 Å². The molecule has 0 spiro atoms. The van der Waals surface area contributed by atoms with E-state index in [1.165, 1.54) is 32.1 Å². The van der Waals surface area contributed by atoms with Crippen LogP contribution >= 0.6 is 27.5 Å². The molecule has 1 saturated carbocycles. The van der Waals surface area contributed by atoms with Crippen molar-refractivity contribution in [2.45, 2.75) is 38.1 Å². The molecule has 2 N–H and O–H groups in total. The highest BCUT2D eigenvalue weighted by atomic mass is 79.9. The van der Waals surface area contributed by atoms with Crippen LogP contribution in [0.4, 0.5) is 5.82 Å². The topological polar surface area (TPSA) is 53.6 Å². The van der Waals surface area contributed by atoms with Gasteiger partial charge in [-0.15, -0.1) is 0 Å². The fraction of sp³-hybridized carbons (Fsp3) is 0.333. The third-order valence-corrected chi connectivity index (χ3v) is 5.19. The number of rotatable bonds is 3. The molecule has 4 rings (SSSR count). The van der Waals surface area contributed by atoms with Crippen LogP contribution in [0.15, 0.2) is 35.1 Å². The highest BCUT2D eigenvalue weighted by molar-refractivity contribution is 9.10. The van der Waals surface area contributed by atoms with Gasteiger partial charge in [0.1, 0.15) is 16.6 Å². The van der Waals surface area contributed by atoms with Crippen molar-refractivity contribution in [3.8, 4) is 11.1 Å². The third-order valence-electron chi connectivity index (χ3n) is 4.56. The lowest BCUT2D eigenvalue weighted by molar-refractivity contribution is 0.462. The second-order valence-corrected chi connectivity index (χ2v) is 7.60. The molecule has 24 heavy (non-hydrogen) atoms. The monoisotopic (exact) mass is 404 g/mol. The molecule has 1 aliphatic rings. The first-order chi connectivity index (χ1) is 11.7. The second kappa shape index (κ2) is 6.73. The Morgan fingerprint density at radius 1 is 1.17 bits per heavy atom. The highest BCUT2D eigenvalue weighted by Gasteiger charge is 2.15. The summed E-state index contributed by atoms with van der Waals surface area (Å²) in [5, 5.41) is 5.12. The van der Waals surface area contributed by atoms with Gasteiger partial charge in [-0.05, 0) is 52.5 Å². The molecule has 4 nitrogen and oxygen atoms in total. The molecule has 0 radical (unpaired) electrons. The zero-order valence-corrected chi connectivity index (χ0v) is 15.5. The number of fused-ring (bicyclic) bond motifs is 1. The maximum atomic E-state index is 6.28. The van der Waals surface area contributed by atoms with Crippen LogP contribution in [-0.2, 0) is 0 Å². The van der Waals surface area contributed by atoms with Gasteiger partial charge >= 0.3 is 0 Å². The van der Waals surface area contributed by atoms with Gasteiger partial charge in [0.15, 0.2) is 0 Å². The highest BCUT2D eigenvalue weighted by Crippen LogP contribution is 2.32. The molecule has 1 fully saturated rings. The molecule has 1 aliphatic carbocycles. The van der Waals surface area contributed by atoms with Crippen molar-refractivity contribution >= 4 is 44.4 Å². The van der Waals surface area contributed by atoms with Gasteiger partial charge < -0.3 is 10.3 Å². The van der Waals surface area contributed by atoms with Gasteiger partial charge in [0.2, 0.25) is 0 Å². The van der Waals surface area contributed by atoms with Crippen LogP contribution in [-0.4, -0.2) is 21.0 Å². The molecular formula is C18H18BrClN4. The first kappa shape index (κ1) is 15.9. The minimum Gasteiger partial charge on any atom is -0.367 e. The van der Waals surface area contributed by atoms with E-state index in [1.807, 2.05) is 12.3 Å². The van der Waals surface area contributed by atoms with E-state index in [2.05, 4.69) is 48.3 Å². The predicted molar refractivity (Wildman–Crippen MR) is 103 cm³/mol. The van der Waals surface area contributed by atoms with E-state index >= 15 is 0 Å². The van der Waals surface area contributed by atoms with Gasteiger partial charge in [-0.3, -0.25) is 0 Å². The smallest absolute Gasteiger partial charge is 0.137 e. The lowest BCUT2D eigenvalue weighted by Crippen LogP contribution is -2.22. The molecule has 124 valence electrons. The van der Waals surface area contributed by atoms with Gasteiger partial charge in [0.25, 0.3) is 0 Å². The molecule has 3 aromatic rings. The summed E-state index contributed by atoms with van der Waals surface area (Å²) in [6.07, 6.45) is 10.1. The Kier molecular flexibility index (Phi) is 4.46. The SMILES string of the molecule is Clc1cc(-c2c[nH]c3ncc(Br)cc23)cc(NC2CCCCC2)n1. The Balaban J connectivity index is 1.70. The van der Waals surface area contributed by atoms with Gasteiger partial charge in [-0.1, -0.05) is 30.9 Å². The van der Waals surface area contributed by atoms with Gasteiger partial charge in [0, 0.05) is 33.9 Å². The Bertz CT molecular complexity index is 871. The maximum absolute atomic E-state index is 6.28. The number of nitrogens with one attached hydrogen (secondary N) is 2. The fourth-order valence-electron chi connectivity index (χ4n) is 3.40. The van der Waals surface area contributed by atoms with Gasteiger partial charge in [-0.25, -0.2) is 9.97 Å². The van der Waals surface area contributed by atoms with Crippen LogP contribution in [0.3, 0.4) is 0 Å². The van der Waals surface area contributed by atoms with E-state index in [4.69, 9.17) is 11.6 Å². The normalized spacial score (nSPS) is 15.8. The van der Waals surface area contributed by atoms with Gasteiger partial charge in [0.05, 0.1) is 0 Å². The molecule has 3 aromatic heterocycles. The summed E-state index contributed by atoms with van der Waals surface area (Å²) in [7, 11) is 0. The number of hydrogen-bond acceptors (Lipinski definition) is 3. The quantitative estimate of drug-likeness (QED) is 0.543. The van der Waals surface area contributed by atoms with E-state index in [-0.39, 0.29) is 0 Å². The zero-order valence-electron chi connectivity index (χ0n) is 13.1. The van der Waals surface area contributed by atoms with Crippen molar-refractivity contribution < 1.29 is 0 Å².